The van der Waals surface area contributed by atoms with Crippen LogP contribution in [0.1, 0.15) is 76.3 Å². The molecule has 1 atom stereocenters. The molecule has 3 amide bonds. The van der Waals surface area contributed by atoms with Crippen molar-refractivity contribution in [1.82, 2.24) is 5.32 Å². The third-order valence-electron chi connectivity index (χ3n) is 7.98. The van der Waals surface area contributed by atoms with Gasteiger partial charge in [0, 0.05) is 21.0 Å². The van der Waals surface area contributed by atoms with E-state index in [-0.39, 0.29) is 23.2 Å². The Morgan fingerprint density at radius 2 is 1.68 bits per heavy atom. The van der Waals surface area contributed by atoms with Gasteiger partial charge in [-0.15, -0.1) is 23.1 Å². The third-order valence-corrected chi connectivity index (χ3v) is 11.4. The number of thioether (sulfide) groups is 1. The van der Waals surface area contributed by atoms with Gasteiger partial charge in [-0.2, -0.15) is 0 Å². The summed E-state index contributed by atoms with van der Waals surface area (Å²) in [6.07, 6.45) is 6.81. The molecule has 1 unspecified atom stereocenters. The first-order chi connectivity index (χ1) is 24.2. The van der Waals surface area contributed by atoms with Crippen LogP contribution in [-0.4, -0.2) is 35.5 Å². The number of rotatable bonds is 12. The molecule has 5 rings (SSSR count). The van der Waals surface area contributed by atoms with Crippen molar-refractivity contribution >= 4 is 86.8 Å². The molecule has 1 aliphatic carbocycles. The zero-order valence-corrected chi connectivity index (χ0v) is 30.8. The second-order valence-corrected chi connectivity index (χ2v) is 14.7. The van der Waals surface area contributed by atoms with Crippen molar-refractivity contribution in [2.45, 2.75) is 62.5 Å². The lowest BCUT2D eigenvalue weighted by molar-refractivity contribution is -0.116. The Kier molecular flexibility index (Phi) is 13.2. The number of carbonyl (C=O) groups is 4. The fourth-order valence-corrected chi connectivity index (χ4v) is 8.16. The molecule has 260 valence electrons. The van der Waals surface area contributed by atoms with E-state index < -0.39 is 23.0 Å². The van der Waals surface area contributed by atoms with Crippen molar-refractivity contribution in [2.75, 3.05) is 17.2 Å². The number of benzene rings is 3. The summed E-state index contributed by atoms with van der Waals surface area (Å²) in [4.78, 5) is 55.2. The molecule has 50 heavy (non-hydrogen) atoms. The van der Waals surface area contributed by atoms with E-state index in [1.807, 2.05) is 13.0 Å². The Morgan fingerprint density at radius 1 is 0.920 bits per heavy atom. The topological polar surface area (TPSA) is 114 Å². The van der Waals surface area contributed by atoms with E-state index in [0.29, 0.717) is 38.8 Å². The number of hydrogen-bond donors (Lipinski definition) is 3. The highest BCUT2D eigenvalue weighted by Gasteiger charge is 2.28. The van der Waals surface area contributed by atoms with Gasteiger partial charge in [0.2, 0.25) is 5.91 Å². The summed E-state index contributed by atoms with van der Waals surface area (Å²) in [5.41, 5.74) is 2.72. The first-order valence-corrected chi connectivity index (χ1v) is 18.9. The van der Waals surface area contributed by atoms with E-state index in [1.54, 1.807) is 73.7 Å². The quantitative estimate of drug-likeness (QED) is 0.0576. The summed E-state index contributed by atoms with van der Waals surface area (Å²) in [6, 6.07) is 20.7. The molecule has 3 N–H and O–H groups in total. The van der Waals surface area contributed by atoms with Gasteiger partial charge in [-0.25, -0.2) is 4.79 Å². The van der Waals surface area contributed by atoms with Crippen molar-refractivity contribution in [3.8, 4) is 0 Å². The second-order valence-electron chi connectivity index (χ2n) is 11.5. The molecular formula is C38H37Cl2N3O5S2. The minimum Gasteiger partial charge on any atom is -0.462 e. The minimum atomic E-state index is -0.582. The number of hydrogen-bond acceptors (Lipinski definition) is 7. The maximum Gasteiger partial charge on any atom is 0.341 e. The zero-order chi connectivity index (χ0) is 35.6. The second kappa shape index (κ2) is 17.7. The van der Waals surface area contributed by atoms with E-state index in [0.717, 1.165) is 47.4 Å². The number of halogens is 2. The molecule has 0 radical (unpaired) electrons. The number of esters is 1. The number of carbonyl (C=O) groups excluding carboxylic acids is 4. The van der Waals surface area contributed by atoms with Crippen LogP contribution in [-0.2, 0) is 27.2 Å². The van der Waals surface area contributed by atoms with Crippen molar-refractivity contribution < 1.29 is 23.9 Å². The van der Waals surface area contributed by atoms with Crippen LogP contribution in [0.2, 0.25) is 10.0 Å². The Hall–Kier alpha value is -4.09. The Morgan fingerprint density at radius 3 is 2.44 bits per heavy atom. The first-order valence-electron chi connectivity index (χ1n) is 16.4. The fraction of sp³-hybridized carbons (Fsp3) is 0.263. The number of aryl methyl sites for hydroxylation is 1. The molecule has 12 heteroatoms. The summed E-state index contributed by atoms with van der Waals surface area (Å²) < 4.78 is 5.38. The summed E-state index contributed by atoms with van der Waals surface area (Å²) in [6.45, 7) is 3.95. The molecule has 0 bridgehead atoms. The van der Waals surface area contributed by atoms with Crippen molar-refractivity contribution in [3.05, 3.63) is 116 Å². The molecule has 1 aliphatic rings. The van der Waals surface area contributed by atoms with Gasteiger partial charge in [0.15, 0.2) is 0 Å². The largest absolute Gasteiger partial charge is 0.462 e. The Balaban J connectivity index is 1.33. The number of nitrogens with one attached hydrogen (secondary N) is 3. The predicted octanol–water partition coefficient (Wildman–Crippen LogP) is 9.42. The third kappa shape index (κ3) is 9.37. The highest BCUT2D eigenvalue weighted by Crippen LogP contribution is 2.39. The standard InChI is InChI=1S/C38H37Cl2N3O5S2/c1-3-30(36(46)43-37-32(38(47)48-4-2)27-18-9-6-10-20-31(27)50-37)49-26-17-12-16-25(22-26)41-35(45)29(21-24-15-11-19-28(39)33(24)40)42-34(44)23-13-7-5-8-14-23/h5,7-8,11-17,19,21-22,30H,3-4,6,9-10,18,20H2,1-2H3,(H,41,45)(H,42,44)(H,43,46)/b29-21+. The first kappa shape index (κ1) is 37.2. The van der Waals surface area contributed by atoms with Crippen molar-refractivity contribution in [3.63, 3.8) is 0 Å². The summed E-state index contributed by atoms with van der Waals surface area (Å²) in [5, 5.41) is 9.20. The van der Waals surface area contributed by atoms with Crippen LogP contribution in [0.4, 0.5) is 10.7 Å². The van der Waals surface area contributed by atoms with Gasteiger partial charge in [0.1, 0.15) is 10.7 Å². The van der Waals surface area contributed by atoms with E-state index in [9.17, 15) is 19.2 Å². The molecular weight excluding hydrogens is 713 g/mol. The lowest BCUT2D eigenvalue weighted by Crippen LogP contribution is -2.30. The molecule has 0 fully saturated rings. The lowest BCUT2D eigenvalue weighted by Gasteiger charge is -2.16. The van der Waals surface area contributed by atoms with Crippen LogP contribution in [0.25, 0.3) is 6.08 Å². The molecule has 4 aromatic rings. The lowest BCUT2D eigenvalue weighted by atomic mass is 10.1. The fourth-order valence-electron chi connectivity index (χ4n) is 5.50. The van der Waals surface area contributed by atoms with E-state index in [4.69, 9.17) is 27.9 Å². The van der Waals surface area contributed by atoms with Gasteiger partial charge >= 0.3 is 5.97 Å². The molecule has 1 aromatic heterocycles. The summed E-state index contributed by atoms with van der Waals surface area (Å²) in [7, 11) is 0. The normalized spacial score (nSPS) is 13.4. The molecule has 0 saturated carbocycles. The highest BCUT2D eigenvalue weighted by molar-refractivity contribution is 8.00. The predicted molar refractivity (Wildman–Crippen MR) is 204 cm³/mol. The Bertz CT molecular complexity index is 1910. The summed E-state index contributed by atoms with van der Waals surface area (Å²) in [5.74, 6) is -1.68. The zero-order valence-electron chi connectivity index (χ0n) is 27.6. The minimum absolute atomic E-state index is 0.0429. The molecule has 0 spiro atoms. The van der Waals surface area contributed by atoms with E-state index >= 15 is 0 Å². The van der Waals surface area contributed by atoms with Crippen molar-refractivity contribution in [2.24, 2.45) is 0 Å². The van der Waals surface area contributed by atoms with Crippen LogP contribution in [0.15, 0.2) is 83.4 Å². The van der Waals surface area contributed by atoms with Crippen LogP contribution in [0, 0.1) is 0 Å². The molecule has 0 saturated heterocycles. The van der Waals surface area contributed by atoms with Crippen LogP contribution in [0.3, 0.4) is 0 Å². The molecule has 8 nitrogen and oxygen atoms in total. The molecule has 1 heterocycles. The van der Waals surface area contributed by atoms with Crippen LogP contribution >= 0.6 is 46.3 Å². The summed E-state index contributed by atoms with van der Waals surface area (Å²) >= 11 is 15.4. The van der Waals surface area contributed by atoms with Gasteiger partial charge in [-0.05, 0) is 92.6 Å². The average molecular weight is 751 g/mol. The van der Waals surface area contributed by atoms with Crippen LogP contribution < -0.4 is 16.0 Å². The van der Waals surface area contributed by atoms with Gasteiger partial charge in [-0.3, -0.25) is 14.4 Å². The number of thiophene rings is 1. The van der Waals surface area contributed by atoms with Crippen LogP contribution in [0.5, 0.6) is 0 Å². The van der Waals surface area contributed by atoms with Gasteiger partial charge in [0.05, 0.1) is 27.5 Å². The smallest absolute Gasteiger partial charge is 0.341 e. The van der Waals surface area contributed by atoms with E-state index in [2.05, 4.69) is 16.0 Å². The van der Waals surface area contributed by atoms with Gasteiger partial charge in [-0.1, -0.05) is 72.9 Å². The maximum atomic E-state index is 13.6. The number of fused-ring (bicyclic) bond motifs is 1. The number of ether oxygens (including phenoxy) is 1. The maximum absolute atomic E-state index is 13.6. The average Bonchev–Trinajstić information content (AvgIpc) is 3.28. The van der Waals surface area contributed by atoms with Gasteiger partial charge < -0.3 is 20.7 Å². The number of anilines is 2. The Labute approximate surface area is 310 Å². The molecule has 3 aromatic carbocycles. The van der Waals surface area contributed by atoms with Gasteiger partial charge in [0.25, 0.3) is 11.8 Å². The monoisotopic (exact) mass is 749 g/mol. The van der Waals surface area contributed by atoms with E-state index in [1.165, 1.54) is 29.2 Å². The molecule has 0 aliphatic heterocycles. The van der Waals surface area contributed by atoms with Crippen molar-refractivity contribution in [1.29, 1.82) is 0 Å². The SMILES string of the molecule is CCOC(=O)c1c(NC(=O)C(CC)Sc2cccc(NC(=O)/C(=C\c3cccc(Cl)c3Cl)NC(=O)c3ccccc3)c2)sc2c1CCCCC2. The highest BCUT2D eigenvalue weighted by atomic mass is 35.5. The number of amides is 3.